The largest absolute Gasteiger partial charge is 0.343 e. The van der Waals surface area contributed by atoms with E-state index in [0.717, 1.165) is 22.3 Å². The van der Waals surface area contributed by atoms with Gasteiger partial charge in [0.1, 0.15) is 5.69 Å². The van der Waals surface area contributed by atoms with Crippen molar-refractivity contribution in [2.75, 3.05) is 5.32 Å². The van der Waals surface area contributed by atoms with E-state index in [9.17, 15) is 4.79 Å². The molecule has 0 aliphatic carbocycles. The van der Waals surface area contributed by atoms with Crippen molar-refractivity contribution < 1.29 is 4.79 Å². The average molecular weight is 389 g/mol. The molecule has 0 fully saturated rings. The number of aryl methyl sites for hydroxylation is 3. The summed E-state index contributed by atoms with van der Waals surface area (Å²) in [6.45, 7) is 6.52. The Bertz CT molecular complexity index is 898. The van der Waals surface area contributed by atoms with E-state index < -0.39 is 0 Å². The van der Waals surface area contributed by atoms with Crippen molar-refractivity contribution >= 4 is 27.5 Å². The maximum absolute atomic E-state index is 12.6. The van der Waals surface area contributed by atoms with E-state index in [1.807, 2.05) is 49.7 Å². The van der Waals surface area contributed by atoms with Gasteiger partial charge in [-0.05, 0) is 70.9 Å². The standard InChI is InChI=1S/C16H17BrN6O/c1-4-22-9-12(17)7-15(22)16(24)18-13-6-5-10(2)14(8-13)23-11(3)19-20-21-23/h5-9H,4H2,1-3H3,(H,18,24). The highest BCUT2D eigenvalue weighted by Crippen LogP contribution is 2.21. The van der Waals surface area contributed by atoms with Crippen LogP contribution in [0.1, 0.15) is 28.8 Å². The molecule has 0 radical (unpaired) electrons. The van der Waals surface area contributed by atoms with Crippen LogP contribution in [0.3, 0.4) is 0 Å². The van der Waals surface area contributed by atoms with Gasteiger partial charge in [0, 0.05) is 22.9 Å². The van der Waals surface area contributed by atoms with Crippen LogP contribution in [0.4, 0.5) is 5.69 Å². The molecule has 0 saturated heterocycles. The molecule has 3 aromatic rings. The molecule has 0 saturated carbocycles. The summed E-state index contributed by atoms with van der Waals surface area (Å²) in [5.74, 6) is 0.524. The summed E-state index contributed by atoms with van der Waals surface area (Å²) in [6, 6.07) is 7.47. The normalized spacial score (nSPS) is 10.8. The molecule has 3 rings (SSSR count). The Morgan fingerprint density at radius 1 is 1.29 bits per heavy atom. The minimum Gasteiger partial charge on any atom is -0.343 e. The SMILES string of the molecule is CCn1cc(Br)cc1C(=O)Nc1ccc(C)c(-n2nnnc2C)c1. The summed E-state index contributed by atoms with van der Waals surface area (Å²) in [4.78, 5) is 12.6. The summed E-state index contributed by atoms with van der Waals surface area (Å²) < 4.78 is 4.42. The van der Waals surface area contributed by atoms with Crippen LogP contribution in [0, 0.1) is 13.8 Å². The van der Waals surface area contributed by atoms with Gasteiger partial charge in [-0.3, -0.25) is 4.79 Å². The van der Waals surface area contributed by atoms with Crippen molar-refractivity contribution in [1.29, 1.82) is 0 Å². The number of aromatic nitrogens is 5. The first kappa shape index (κ1) is 16.4. The van der Waals surface area contributed by atoms with Crippen molar-refractivity contribution in [1.82, 2.24) is 24.8 Å². The van der Waals surface area contributed by atoms with E-state index in [1.54, 1.807) is 10.7 Å². The third-order valence-electron chi connectivity index (χ3n) is 3.76. The molecule has 1 N–H and O–H groups in total. The molecule has 7 nitrogen and oxygen atoms in total. The van der Waals surface area contributed by atoms with Gasteiger partial charge in [-0.25, -0.2) is 0 Å². The fourth-order valence-electron chi connectivity index (χ4n) is 2.49. The molecule has 0 spiro atoms. The lowest BCUT2D eigenvalue weighted by atomic mass is 10.1. The number of nitrogens with zero attached hydrogens (tertiary/aromatic N) is 5. The number of anilines is 1. The van der Waals surface area contributed by atoms with Gasteiger partial charge in [-0.15, -0.1) is 5.10 Å². The number of benzene rings is 1. The summed E-state index contributed by atoms with van der Waals surface area (Å²) in [5, 5.41) is 14.5. The minimum absolute atomic E-state index is 0.161. The topological polar surface area (TPSA) is 77.6 Å². The van der Waals surface area contributed by atoms with Crippen LogP contribution >= 0.6 is 15.9 Å². The third-order valence-corrected chi connectivity index (χ3v) is 4.19. The molecule has 1 aromatic carbocycles. The molecule has 0 unspecified atom stereocenters. The third kappa shape index (κ3) is 3.09. The highest BCUT2D eigenvalue weighted by molar-refractivity contribution is 9.10. The number of tetrazole rings is 1. The number of rotatable bonds is 4. The maximum Gasteiger partial charge on any atom is 0.272 e. The van der Waals surface area contributed by atoms with E-state index in [1.165, 1.54) is 0 Å². The van der Waals surface area contributed by atoms with Crippen molar-refractivity contribution in [3.05, 3.63) is 52.0 Å². The Hall–Kier alpha value is -2.48. The first-order chi connectivity index (χ1) is 11.5. The predicted octanol–water partition coefficient (Wildman–Crippen LogP) is 3.12. The minimum atomic E-state index is -0.161. The molecule has 2 heterocycles. The Morgan fingerprint density at radius 3 is 2.75 bits per heavy atom. The van der Waals surface area contributed by atoms with Crippen molar-refractivity contribution in [2.24, 2.45) is 0 Å². The van der Waals surface area contributed by atoms with E-state index >= 15 is 0 Å². The number of carbonyl (C=O) groups is 1. The maximum atomic E-state index is 12.6. The zero-order valence-corrected chi connectivity index (χ0v) is 15.2. The van der Waals surface area contributed by atoms with Crippen LogP contribution in [0.5, 0.6) is 0 Å². The van der Waals surface area contributed by atoms with Gasteiger partial charge in [0.05, 0.1) is 5.69 Å². The second kappa shape index (κ2) is 6.56. The van der Waals surface area contributed by atoms with E-state index in [2.05, 4.69) is 36.8 Å². The van der Waals surface area contributed by atoms with Gasteiger partial charge in [0.2, 0.25) is 0 Å². The van der Waals surface area contributed by atoms with Gasteiger partial charge < -0.3 is 9.88 Å². The molecule has 0 bridgehead atoms. The van der Waals surface area contributed by atoms with Crippen LogP contribution in [-0.4, -0.2) is 30.7 Å². The van der Waals surface area contributed by atoms with Crippen LogP contribution in [0.2, 0.25) is 0 Å². The van der Waals surface area contributed by atoms with Crippen molar-refractivity contribution in [3.8, 4) is 5.69 Å². The van der Waals surface area contributed by atoms with Gasteiger partial charge >= 0.3 is 0 Å². The zero-order chi connectivity index (χ0) is 17.3. The molecular weight excluding hydrogens is 372 g/mol. The van der Waals surface area contributed by atoms with E-state index in [0.29, 0.717) is 17.2 Å². The number of amides is 1. The first-order valence-corrected chi connectivity index (χ1v) is 8.32. The molecule has 8 heteroatoms. The van der Waals surface area contributed by atoms with Gasteiger partial charge in [0.15, 0.2) is 5.82 Å². The summed E-state index contributed by atoms with van der Waals surface area (Å²) in [7, 11) is 0. The Balaban J connectivity index is 1.91. The number of halogens is 1. The average Bonchev–Trinajstić information content (AvgIpc) is 3.14. The quantitative estimate of drug-likeness (QED) is 0.744. The number of carbonyl (C=O) groups excluding carboxylic acids is 1. The van der Waals surface area contributed by atoms with Crippen LogP contribution in [-0.2, 0) is 6.54 Å². The lowest BCUT2D eigenvalue weighted by Gasteiger charge is -2.11. The lowest BCUT2D eigenvalue weighted by Crippen LogP contribution is -2.16. The second-order valence-electron chi connectivity index (χ2n) is 5.42. The molecule has 124 valence electrons. The molecule has 1 amide bonds. The smallest absolute Gasteiger partial charge is 0.272 e. The Kier molecular flexibility index (Phi) is 4.48. The molecule has 0 aliphatic heterocycles. The van der Waals surface area contributed by atoms with Gasteiger partial charge in [0.25, 0.3) is 5.91 Å². The summed E-state index contributed by atoms with van der Waals surface area (Å²) in [6.07, 6.45) is 1.89. The highest BCUT2D eigenvalue weighted by atomic mass is 79.9. The highest BCUT2D eigenvalue weighted by Gasteiger charge is 2.14. The number of nitrogens with one attached hydrogen (secondary N) is 1. The fourth-order valence-corrected chi connectivity index (χ4v) is 2.96. The predicted molar refractivity (Wildman–Crippen MR) is 94.4 cm³/mol. The monoisotopic (exact) mass is 388 g/mol. The van der Waals surface area contributed by atoms with Crippen LogP contribution in [0.25, 0.3) is 5.69 Å². The summed E-state index contributed by atoms with van der Waals surface area (Å²) in [5.41, 5.74) is 3.14. The molecule has 24 heavy (non-hydrogen) atoms. The van der Waals surface area contributed by atoms with Gasteiger partial charge in [-0.1, -0.05) is 6.07 Å². The summed E-state index contributed by atoms with van der Waals surface area (Å²) >= 11 is 3.41. The first-order valence-electron chi connectivity index (χ1n) is 7.52. The fraction of sp³-hybridized carbons (Fsp3) is 0.250. The van der Waals surface area contributed by atoms with E-state index in [4.69, 9.17) is 0 Å². The van der Waals surface area contributed by atoms with Crippen LogP contribution < -0.4 is 5.32 Å². The molecule has 2 aromatic heterocycles. The zero-order valence-electron chi connectivity index (χ0n) is 13.6. The molecular formula is C16H17BrN6O. The van der Waals surface area contributed by atoms with E-state index in [-0.39, 0.29) is 5.91 Å². The van der Waals surface area contributed by atoms with Crippen molar-refractivity contribution in [2.45, 2.75) is 27.3 Å². The Labute approximate surface area is 147 Å². The van der Waals surface area contributed by atoms with Crippen molar-refractivity contribution in [3.63, 3.8) is 0 Å². The molecule has 0 aliphatic rings. The molecule has 0 atom stereocenters. The van der Waals surface area contributed by atoms with Gasteiger partial charge in [-0.2, -0.15) is 4.68 Å². The Morgan fingerprint density at radius 2 is 2.08 bits per heavy atom. The number of hydrogen-bond donors (Lipinski definition) is 1. The lowest BCUT2D eigenvalue weighted by molar-refractivity contribution is 0.101. The number of hydrogen-bond acceptors (Lipinski definition) is 4. The van der Waals surface area contributed by atoms with Crippen LogP contribution in [0.15, 0.2) is 34.9 Å². The second-order valence-corrected chi connectivity index (χ2v) is 6.34.